The molecule has 3 rings (SSSR count). The van der Waals surface area contributed by atoms with E-state index in [0.717, 1.165) is 18.5 Å². The van der Waals surface area contributed by atoms with E-state index in [4.69, 9.17) is 9.47 Å². The third-order valence-electron chi connectivity index (χ3n) is 7.36. The smallest absolute Gasteiger partial charge is 0.412 e. The molecular formula is C32H48N2O3. The van der Waals surface area contributed by atoms with Gasteiger partial charge in [0.25, 0.3) is 0 Å². The van der Waals surface area contributed by atoms with E-state index in [1.165, 1.54) is 63.4 Å². The quantitative estimate of drug-likeness (QED) is 0.233. The van der Waals surface area contributed by atoms with Crippen LogP contribution in [-0.4, -0.2) is 35.9 Å². The predicted molar refractivity (Wildman–Crippen MR) is 151 cm³/mol. The molecule has 37 heavy (non-hydrogen) atoms. The van der Waals surface area contributed by atoms with E-state index in [1.807, 2.05) is 50.2 Å². The summed E-state index contributed by atoms with van der Waals surface area (Å²) in [6.07, 6.45) is 12.9. The Morgan fingerprint density at radius 1 is 0.919 bits per heavy atom. The second-order valence-corrected chi connectivity index (χ2v) is 10.8. The number of hydrogen-bond acceptors (Lipinski definition) is 4. The first-order valence-corrected chi connectivity index (χ1v) is 14.4. The van der Waals surface area contributed by atoms with Crippen LogP contribution in [0.4, 0.5) is 4.79 Å². The van der Waals surface area contributed by atoms with E-state index < -0.39 is 5.72 Å². The molecule has 2 aromatic rings. The number of nitrogens with zero attached hydrogens (tertiary/aromatic N) is 1. The molecule has 1 N–H and O–H groups in total. The van der Waals surface area contributed by atoms with Crippen LogP contribution in [0, 0.1) is 0 Å². The summed E-state index contributed by atoms with van der Waals surface area (Å²) in [5.41, 5.74) is 1.41. The fourth-order valence-corrected chi connectivity index (χ4v) is 5.23. The maximum atomic E-state index is 13.3. The van der Waals surface area contributed by atoms with Crippen molar-refractivity contribution >= 4 is 6.09 Å². The summed E-state index contributed by atoms with van der Waals surface area (Å²) in [7, 11) is 0. The lowest BCUT2D eigenvalue weighted by molar-refractivity contribution is -0.0503. The minimum absolute atomic E-state index is 0.0224. The summed E-state index contributed by atoms with van der Waals surface area (Å²) in [6, 6.07) is 20.1. The van der Waals surface area contributed by atoms with Crippen LogP contribution in [0.25, 0.3) is 0 Å². The van der Waals surface area contributed by atoms with Crippen LogP contribution in [0.1, 0.15) is 102 Å². The Morgan fingerprint density at radius 2 is 1.49 bits per heavy atom. The lowest BCUT2D eigenvalue weighted by Gasteiger charge is -2.36. The lowest BCUT2D eigenvalue weighted by Crippen LogP contribution is -2.52. The fraction of sp³-hybridized carbons (Fsp3) is 0.594. The minimum Gasteiger partial charge on any atom is -0.444 e. The van der Waals surface area contributed by atoms with Gasteiger partial charge in [-0.15, -0.1) is 0 Å². The third-order valence-corrected chi connectivity index (χ3v) is 7.36. The second kappa shape index (κ2) is 15.8. The summed E-state index contributed by atoms with van der Waals surface area (Å²) in [4.78, 5) is 15.1. The number of unbranched alkanes of at least 4 members (excludes halogenated alkanes) is 9. The Balaban J connectivity index is 1.54. The van der Waals surface area contributed by atoms with Crippen LogP contribution in [0.5, 0.6) is 0 Å². The number of ether oxygens (including phenoxy) is 2. The average Bonchev–Trinajstić information content (AvgIpc) is 3.23. The van der Waals surface area contributed by atoms with Crippen molar-refractivity contribution in [3.8, 4) is 0 Å². The van der Waals surface area contributed by atoms with Gasteiger partial charge in [0, 0.05) is 0 Å². The van der Waals surface area contributed by atoms with Gasteiger partial charge in [0.2, 0.25) is 0 Å². The van der Waals surface area contributed by atoms with Crippen molar-refractivity contribution in [3.05, 3.63) is 71.8 Å². The van der Waals surface area contributed by atoms with Gasteiger partial charge in [0.05, 0.1) is 18.7 Å². The van der Waals surface area contributed by atoms with Crippen LogP contribution in [0.2, 0.25) is 0 Å². The highest BCUT2D eigenvalue weighted by molar-refractivity contribution is 5.69. The molecule has 0 aliphatic carbocycles. The van der Waals surface area contributed by atoms with Crippen molar-refractivity contribution in [1.29, 1.82) is 0 Å². The van der Waals surface area contributed by atoms with Gasteiger partial charge in [-0.3, -0.25) is 4.90 Å². The molecule has 0 unspecified atom stereocenters. The Kier molecular flexibility index (Phi) is 12.5. The third kappa shape index (κ3) is 9.46. The van der Waals surface area contributed by atoms with Gasteiger partial charge in [-0.1, -0.05) is 125 Å². The summed E-state index contributed by atoms with van der Waals surface area (Å²) < 4.78 is 11.9. The number of hydrogen-bond donors (Lipinski definition) is 1. The molecule has 1 fully saturated rings. The van der Waals surface area contributed by atoms with E-state index in [-0.39, 0.29) is 24.8 Å². The topological polar surface area (TPSA) is 50.8 Å². The Hall–Kier alpha value is -2.37. The van der Waals surface area contributed by atoms with E-state index in [1.54, 1.807) is 4.90 Å². The van der Waals surface area contributed by atoms with Crippen molar-refractivity contribution < 1.29 is 14.3 Å². The van der Waals surface area contributed by atoms with E-state index in [0.29, 0.717) is 6.61 Å². The van der Waals surface area contributed by atoms with Crippen molar-refractivity contribution in [2.24, 2.45) is 0 Å². The molecule has 1 aliphatic heterocycles. The summed E-state index contributed by atoms with van der Waals surface area (Å²) >= 11 is 0. The number of benzene rings is 2. The van der Waals surface area contributed by atoms with Crippen LogP contribution in [-0.2, 0) is 16.1 Å². The lowest BCUT2D eigenvalue weighted by atomic mass is 9.98. The van der Waals surface area contributed by atoms with Gasteiger partial charge >= 0.3 is 6.09 Å². The largest absolute Gasteiger partial charge is 0.444 e. The maximum absolute atomic E-state index is 13.3. The molecule has 1 amide bonds. The molecule has 2 atom stereocenters. The van der Waals surface area contributed by atoms with E-state index in [2.05, 4.69) is 36.5 Å². The number of rotatable bonds is 16. The molecule has 5 heteroatoms. The molecule has 0 bridgehead atoms. The van der Waals surface area contributed by atoms with Gasteiger partial charge in [0.15, 0.2) is 0 Å². The van der Waals surface area contributed by atoms with E-state index >= 15 is 0 Å². The van der Waals surface area contributed by atoms with Gasteiger partial charge in [-0.25, -0.2) is 4.79 Å². The van der Waals surface area contributed by atoms with Gasteiger partial charge in [-0.2, -0.15) is 0 Å². The number of amides is 1. The molecule has 1 heterocycles. The van der Waals surface area contributed by atoms with Crippen LogP contribution in [0.3, 0.4) is 0 Å². The second-order valence-electron chi connectivity index (χ2n) is 10.8. The van der Waals surface area contributed by atoms with Crippen molar-refractivity contribution in [2.45, 2.75) is 109 Å². The summed E-state index contributed by atoms with van der Waals surface area (Å²) in [6.45, 7) is 7.80. The number of nitrogens with one attached hydrogen (secondary N) is 1. The molecule has 1 saturated heterocycles. The molecule has 1 aliphatic rings. The van der Waals surface area contributed by atoms with Crippen LogP contribution >= 0.6 is 0 Å². The van der Waals surface area contributed by atoms with Crippen molar-refractivity contribution in [1.82, 2.24) is 10.2 Å². The molecule has 0 aromatic heterocycles. The monoisotopic (exact) mass is 508 g/mol. The maximum Gasteiger partial charge on any atom is 0.412 e. The summed E-state index contributed by atoms with van der Waals surface area (Å²) in [5, 5.41) is 3.77. The zero-order valence-corrected chi connectivity index (χ0v) is 23.3. The van der Waals surface area contributed by atoms with Crippen LogP contribution < -0.4 is 5.32 Å². The predicted octanol–water partition coefficient (Wildman–Crippen LogP) is 8.01. The molecule has 204 valence electrons. The molecule has 0 saturated carbocycles. The zero-order valence-electron chi connectivity index (χ0n) is 23.3. The highest BCUT2D eigenvalue weighted by atomic mass is 16.6. The first kappa shape index (κ1) is 29.2. The molecule has 2 aromatic carbocycles. The SMILES string of the molecule is CCCCCCCCCCCCN[C@H](c1ccccc1)[C@H]1COC(C)(C)N1C(=O)OCc1ccccc1. The number of carbonyl (C=O) groups is 1. The molecular weight excluding hydrogens is 460 g/mol. The minimum atomic E-state index is -0.732. The zero-order chi connectivity index (χ0) is 26.3. The normalized spacial score (nSPS) is 17.6. The molecule has 0 radical (unpaired) electrons. The Bertz CT molecular complexity index is 887. The van der Waals surface area contributed by atoms with E-state index in [9.17, 15) is 4.79 Å². The average molecular weight is 509 g/mol. The van der Waals surface area contributed by atoms with Gasteiger partial charge in [-0.05, 0) is 37.9 Å². The molecule has 0 spiro atoms. The summed E-state index contributed by atoms with van der Waals surface area (Å²) in [5.74, 6) is 0. The number of carbonyl (C=O) groups excluding carboxylic acids is 1. The van der Waals surface area contributed by atoms with Crippen LogP contribution in [0.15, 0.2) is 60.7 Å². The standard InChI is InChI=1S/C32H48N2O3/c1-4-5-6-7-8-9-10-11-12-19-24-33-30(28-22-17-14-18-23-28)29-26-37-32(2,3)34(29)31(35)36-25-27-20-15-13-16-21-27/h13-18,20-23,29-30,33H,4-12,19,24-26H2,1-3H3/t29-,30-/m1/s1. The highest BCUT2D eigenvalue weighted by Gasteiger charge is 2.48. The fourth-order valence-electron chi connectivity index (χ4n) is 5.23. The first-order valence-electron chi connectivity index (χ1n) is 14.4. The first-order chi connectivity index (χ1) is 18.0. The Morgan fingerprint density at radius 3 is 2.11 bits per heavy atom. The van der Waals surface area contributed by atoms with Crippen molar-refractivity contribution in [3.63, 3.8) is 0 Å². The highest BCUT2D eigenvalue weighted by Crippen LogP contribution is 2.35. The van der Waals surface area contributed by atoms with Gasteiger partial charge in [0.1, 0.15) is 12.3 Å². The molecule has 5 nitrogen and oxygen atoms in total. The van der Waals surface area contributed by atoms with Gasteiger partial charge < -0.3 is 14.8 Å². The Labute approximate surface area is 224 Å². The van der Waals surface area contributed by atoms with Crippen molar-refractivity contribution in [2.75, 3.05) is 13.2 Å².